The van der Waals surface area contributed by atoms with E-state index in [4.69, 9.17) is 14.0 Å². The summed E-state index contributed by atoms with van der Waals surface area (Å²) in [4.78, 5) is 7.37. The van der Waals surface area contributed by atoms with Gasteiger partial charge in [-0.15, -0.1) is 0 Å². The monoisotopic (exact) mass is 350 g/mol. The van der Waals surface area contributed by atoms with Crippen LogP contribution in [0.15, 0.2) is 39.4 Å². The smallest absolute Gasteiger partial charge is 0.263 e. The van der Waals surface area contributed by atoms with Gasteiger partial charge in [0.25, 0.3) is 5.89 Å². The van der Waals surface area contributed by atoms with Crippen molar-refractivity contribution in [3.63, 3.8) is 0 Å². The summed E-state index contributed by atoms with van der Waals surface area (Å²) in [6.45, 7) is 4.92. The second-order valence-corrected chi connectivity index (χ2v) is 7.37. The number of aromatic nitrogens is 3. The van der Waals surface area contributed by atoms with Crippen LogP contribution in [0.3, 0.4) is 0 Å². The molecule has 26 heavy (non-hydrogen) atoms. The van der Waals surface area contributed by atoms with Crippen molar-refractivity contribution in [3.8, 4) is 11.5 Å². The van der Waals surface area contributed by atoms with Crippen molar-refractivity contribution in [1.82, 2.24) is 20.2 Å². The number of hydrogen-bond donors (Lipinski definition) is 0. The van der Waals surface area contributed by atoms with Crippen LogP contribution in [0, 0.1) is 13.8 Å². The first-order chi connectivity index (χ1) is 12.7. The summed E-state index contributed by atoms with van der Waals surface area (Å²) in [7, 11) is 0. The van der Waals surface area contributed by atoms with Gasteiger partial charge in [0.05, 0.1) is 5.69 Å². The maximum atomic E-state index is 5.59. The van der Waals surface area contributed by atoms with Crippen molar-refractivity contribution >= 4 is 0 Å². The van der Waals surface area contributed by atoms with Crippen LogP contribution in [0.2, 0.25) is 0 Å². The van der Waals surface area contributed by atoms with Gasteiger partial charge in [-0.3, -0.25) is 4.90 Å². The topological polar surface area (TPSA) is 68.2 Å². The molecule has 5 rings (SSSR count). The highest BCUT2D eigenvalue weighted by molar-refractivity contribution is 5.58. The molecule has 2 aromatic heterocycles. The zero-order valence-corrected chi connectivity index (χ0v) is 15.1. The highest BCUT2D eigenvalue weighted by atomic mass is 16.5. The summed E-state index contributed by atoms with van der Waals surface area (Å²) in [6, 6.07) is 11.7. The summed E-state index contributed by atoms with van der Waals surface area (Å²) < 4.78 is 10.8. The Hall–Kier alpha value is -2.47. The zero-order valence-electron chi connectivity index (χ0n) is 15.1. The van der Waals surface area contributed by atoms with Crippen molar-refractivity contribution in [2.75, 3.05) is 6.54 Å². The Balaban J connectivity index is 1.47. The lowest BCUT2D eigenvalue weighted by molar-refractivity contribution is 0.243. The van der Waals surface area contributed by atoms with Crippen LogP contribution in [-0.2, 0) is 0 Å². The highest BCUT2D eigenvalue weighted by Crippen LogP contribution is 2.48. The number of nitrogens with zero attached hydrogens (tertiary/aromatic N) is 4. The van der Waals surface area contributed by atoms with Crippen LogP contribution in [0.5, 0.6) is 0 Å². The van der Waals surface area contributed by atoms with E-state index in [2.05, 4.69) is 45.5 Å². The minimum absolute atomic E-state index is 0.306. The summed E-state index contributed by atoms with van der Waals surface area (Å²) in [5.41, 5.74) is 3.00. The molecule has 0 N–H and O–H groups in total. The second-order valence-electron chi connectivity index (χ2n) is 7.37. The molecule has 3 aromatic rings. The first kappa shape index (κ1) is 15.8. The minimum Gasteiger partial charge on any atom is -0.361 e. The molecule has 0 spiro atoms. The van der Waals surface area contributed by atoms with Crippen LogP contribution in [0.4, 0.5) is 0 Å². The first-order valence-corrected chi connectivity index (χ1v) is 9.30. The fraction of sp³-hybridized carbons (Fsp3) is 0.450. The van der Waals surface area contributed by atoms with Crippen LogP contribution in [0.25, 0.3) is 11.5 Å². The lowest BCUT2D eigenvalue weighted by Gasteiger charge is -2.24. The van der Waals surface area contributed by atoms with Crippen LogP contribution in [-0.4, -0.2) is 32.8 Å². The van der Waals surface area contributed by atoms with Gasteiger partial charge in [-0.05, 0) is 45.2 Å². The van der Waals surface area contributed by atoms with Gasteiger partial charge in [-0.2, -0.15) is 4.98 Å². The third-order valence-corrected chi connectivity index (χ3v) is 5.89. The first-order valence-electron chi connectivity index (χ1n) is 9.30. The fourth-order valence-electron chi connectivity index (χ4n) is 4.72. The molecule has 0 radical (unpaired) electrons. The zero-order chi connectivity index (χ0) is 17.7. The summed E-state index contributed by atoms with van der Waals surface area (Å²) in [5, 5.41) is 8.34. The van der Waals surface area contributed by atoms with Gasteiger partial charge in [-0.1, -0.05) is 40.6 Å². The Morgan fingerprint density at radius 2 is 1.92 bits per heavy atom. The van der Waals surface area contributed by atoms with E-state index < -0.39 is 0 Å². The van der Waals surface area contributed by atoms with E-state index >= 15 is 0 Å². The lowest BCUT2D eigenvalue weighted by atomic mass is 9.94. The fourth-order valence-corrected chi connectivity index (χ4v) is 4.72. The molecule has 134 valence electrons. The average Bonchev–Trinajstić information content (AvgIpc) is 3.40. The third kappa shape index (κ3) is 2.40. The Morgan fingerprint density at radius 3 is 2.69 bits per heavy atom. The van der Waals surface area contributed by atoms with Crippen LogP contribution >= 0.6 is 0 Å². The number of fused-ring (bicyclic) bond motifs is 1. The van der Waals surface area contributed by atoms with Gasteiger partial charge in [0, 0.05) is 18.0 Å². The van der Waals surface area contributed by atoms with Crippen molar-refractivity contribution in [1.29, 1.82) is 0 Å². The van der Waals surface area contributed by atoms with E-state index in [0.29, 0.717) is 29.7 Å². The summed E-state index contributed by atoms with van der Waals surface area (Å²) >= 11 is 0. The highest BCUT2D eigenvalue weighted by Gasteiger charge is 2.46. The predicted molar refractivity (Wildman–Crippen MR) is 95.5 cm³/mol. The molecule has 0 saturated carbocycles. The van der Waals surface area contributed by atoms with Crippen molar-refractivity contribution in [3.05, 3.63) is 53.2 Å². The largest absolute Gasteiger partial charge is 0.361 e. The predicted octanol–water partition coefficient (Wildman–Crippen LogP) is 4.03. The molecule has 2 fully saturated rings. The van der Waals surface area contributed by atoms with E-state index in [9.17, 15) is 0 Å². The number of rotatable bonds is 3. The molecule has 0 bridgehead atoms. The number of benzene rings is 1. The van der Waals surface area contributed by atoms with E-state index in [1.54, 1.807) is 0 Å². The molecule has 0 unspecified atom stereocenters. The van der Waals surface area contributed by atoms with Gasteiger partial charge < -0.3 is 9.05 Å². The molecule has 1 aromatic carbocycles. The number of aryl methyl sites for hydroxylation is 2. The molecule has 2 saturated heterocycles. The molecule has 4 heterocycles. The van der Waals surface area contributed by atoms with Gasteiger partial charge >= 0.3 is 0 Å². The van der Waals surface area contributed by atoms with Gasteiger partial charge in [0.2, 0.25) is 0 Å². The standard InChI is InChI=1S/C20H22N4O2/c1-12-18(13(2)25-22-12)20-21-19(23-26-20)15-11-17(14-7-4-3-5-8-14)24-10-6-9-16(15)24/h3-5,7-8,15-17H,6,9-11H2,1-2H3/t15-,16+,17-/m1/s1. The molecule has 6 nitrogen and oxygen atoms in total. The minimum atomic E-state index is 0.306. The molecular formula is C20H22N4O2. The summed E-state index contributed by atoms with van der Waals surface area (Å²) in [5.74, 6) is 2.36. The van der Waals surface area contributed by atoms with Gasteiger partial charge in [0.1, 0.15) is 11.3 Å². The Labute approximate surface area is 152 Å². The molecule has 0 aliphatic carbocycles. The molecular weight excluding hydrogens is 328 g/mol. The Bertz CT molecular complexity index is 898. The molecule has 3 atom stereocenters. The van der Waals surface area contributed by atoms with Crippen LogP contribution < -0.4 is 0 Å². The quantitative estimate of drug-likeness (QED) is 0.710. The van der Waals surface area contributed by atoms with E-state index in [-0.39, 0.29) is 0 Å². The van der Waals surface area contributed by atoms with Crippen LogP contribution in [0.1, 0.15) is 54.1 Å². The van der Waals surface area contributed by atoms with E-state index in [1.165, 1.54) is 18.4 Å². The Kier molecular flexibility index (Phi) is 3.67. The third-order valence-electron chi connectivity index (χ3n) is 5.89. The van der Waals surface area contributed by atoms with Crippen molar-refractivity contribution in [2.45, 2.75) is 51.1 Å². The van der Waals surface area contributed by atoms with E-state index in [1.807, 2.05) is 13.8 Å². The van der Waals surface area contributed by atoms with Crippen molar-refractivity contribution < 1.29 is 9.05 Å². The molecule has 6 heteroatoms. The SMILES string of the molecule is Cc1noc(C)c1-c1nc([C@@H]2C[C@H](c3ccccc3)N3CCC[C@@H]23)no1. The van der Waals surface area contributed by atoms with E-state index in [0.717, 1.165) is 30.0 Å². The molecule has 2 aliphatic heterocycles. The van der Waals surface area contributed by atoms with Crippen molar-refractivity contribution in [2.24, 2.45) is 0 Å². The normalized spacial score (nSPS) is 25.7. The maximum Gasteiger partial charge on any atom is 0.263 e. The molecule has 0 amide bonds. The maximum absolute atomic E-state index is 5.59. The molecule has 2 aliphatic rings. The van der Waals surface area contributed by atoms with Gasteiger partial charge in [0.15, 0.2) is 5.82 Å². The Morgan fingerprint density at radius 1 is 1.08 bits per heavy atom. The van der Waals surface area contributed by atoms with Gasteiger partial charge in [-0.25, -0.2) is 0 Å². The average molecular weight is 350 g/mol. The second kappa shape index (κ2) is 6.06. The number of hydrogen-bond acceptors (Lipinski definition) is 6. The lowest BCUT2D eigenvalue weighted by Crippen LogP contribution is -2.27. The summed E-state index contributed by atoms with van der Waals surface area (Å²) in [6.07, 6.45) is 3.47.